The van der Waals surface area contributed by atoms with Gasteiger partial charge in [-0.25, -0.2) is 0 Å². The third-order valence-corrected chi connectivity index (χ3v) is 4.69. The molecule has 98 valence electrons. The number of hydrogen-bond donors (Lipinski definition) is 1. The molecule has 2 aliphatic rings. The fourth-order valence-electron chi connectivity index (χ4n) is 3.16. The van der Waals surface area contributed by atoms with Gasteiger partial charge in [0, 0.05) is 19.2 Å². The van der Waals surface area contributed by atoms with E-state index in [0.717, 1.165) is 37.5 Å². The van der Waals surface area contributed by atoms with Gasteiger partial charge in [0.25, 0.3) is 0 Å². The Kier molecular flexibility index (Phi) is 4.63. The molecule has 0 amide bonds. The second-order valence-corrected chi connectivity index (χ2v) is 5.93. The van der Waals surface area contributed by atoms with Crippen LogP contribution in [0.4, 0.5) is 0 Å². The van der Waals surface area contributed by atoms with Crippen molar-refractivity contribution in [3.8, 4) is 0 Å². The second kappa shape index (κ2) is 6.01. The molecule has 0 aromatic heterocycles. The van der Waals surface area contributed by atoms with Gasteiger partial charge < -0.3 is 10.1 Å². The first-order valence-corrected chi connectivity index (χ1v) is 7.16. The Hall–Kier alpha value is -0.340. The lowest BCUT2D eigenvalue weighted by Gasteiger charge is -2.31. The molecular weight excluding hydrogens is 210 g/mol. The predicted molar refractivity (Wildman–Crippen MR) is 72.0 cm³/mol. The van der Waals surface area contributed by atoms with E-state index in [9.17, 15) is 0 Å². The quantitative estimate of drug-likeness (QED) is 0.759. The molecular formula is C15H27NO. The molecule has 1 aliphatic heterocycles. The number of rotatable bonds is 4. The van der Waals surface area contributed by atoms with Crippen LogP contribution in [0.1, 0.15) is 40.0 Å². The van der Waals surface area contributed by atoms with Crippen molar-refractivity contribution in [1.82, 2.24) is 5.32 Å². The molecule has 2 heteroatoms. The van der Waals surface area contributed by atoms with Gasteiger partial charge in [-0.15, -0.1) is 0 Å². The van der Waals surface area contributed by atoms with Gasteiger partial charge in [-0.2, -0.15) is 0 Å². The minimum absolute atomic E-state index is 0.597. The van der Waals surface area contributed by atoms with E-state index in [2.05, 4.69) is 32.2 Å². The van der Waals surface area contributed by atoms with Crippen molar-refractivity contribution >= 4 is 0 Å². The van der Waals surface area contributed by atoms with Crippen molar-refractivity contribution in [1.29, 1.82) is 0 Å². The number of ether oxygens (including phenoxy) is 1. The van der Waals surface area contributed by atoms with Crippen LogP contribution in [-0.2, 0) is 4.74 Å². The lowest BCUT2D eigenvalue weighted by atomic mass is 9.80. The molecule has 0 saturated carbocycles. The molecule has 0 aromatic rings. The van der Waals surface area contributed by atoms with E-state index >= 15 is 0 Å². The molecule has 1 saturated heterocycles. The Balaban J connectivity index is 1.80. The van der Waals surface area contributed by atoms with Gasteiger partial charge >= 0.3 is 0 Å². The molecule has 1 heterocycles. The van der Waals surface area contributed by atoms with Gasteiger partial charge in [-0.05, 0) is 50.9 Å². The summed E-state index contributed by atoms with van der Waals surface area (Å²) in [4.78, 5) is 0. The Morgan fingerprint density at radius 2 is 2.29 bits per heavy atom. The summed E-state index contributed by atoms with van der Waals surface area (Å²) in [5.74, 6) is 2.30. The highest BCUT2D eigenvalue weighted by Crippen LogP contribution is 2.29. The van der Waals surface area contributed by atoms with Crippen LogP contribution in [0, 0.1) is 17.8 Å². The number of allylic oxidation sites excluding steroid dienone is 1. The summed E-state index contributed by atoms with van der Waals surface area (Å²) in [6.45, 7) is 10.0. The molecule has 2 rings (SSSR count). The smallest absolute Gasteiger partial charge is 0.0509 e. The topological polar surface area (TPSA) is 21.3 Å². The van der Waals surface area contributed by atoms with Crippen LogP contribution in [0.3, 0.4) is 0 Å². The number of nitrogens with one attached hydrogen (secondary N) is 1. The Morgan fingerprint density at radius 1 is 1.47 bits per heavy atom. The lowest BCUT2D eigenvalue weighted by molar-refractivity contribution is 0.177. The van der Waals surface area contributed by atoms with Gasteiger partial charge in [0.05, 0.1) is 6.61 Å². The molecule has 0 bridgehead atoms. The molecule has 4 atom stereocenters. The molecule has 1 N–H and O–H groups in total. The fourth-order valence-corrected chi connectivity index (χ4v) is 3.16. The largest absolute Gasteiger partial charge is 0.381 e. The monoisotopic (exact) mass is 237 g/mol. The molecule has 0 unspecified atom stereocenters. The summed E-state index contributed by atoms with van der Waals surface area (Å²) in [7, 11) is 0. The molecule has 0 radical (unpaired) electrons. The van der Waals surface area contributed by atoms with E-state index in [0.29, 0.717) is 6.04 Å². The zero-order valence-corrected chi connectivity index (χ0v) is 11.5. The van der Waals surface area contributed by atoms with Gasteiger partial charge in [0.2, 0.25) is 0 Å². The fraction of sp³-hybridized carbons (Fsp3) is 0.867. The third-order valence-electron chi connectivity index (χ3n) is 4.69. The van der Waals surface area contributed by atoms with Crippen LogP contribution >= 0.6 is 0 Å². The number of hydrogen-bond acceptors (Lipinski definition) is 2. The summed E-state index contributed by atoms with van der Waals surface area (Å²) in [6.07, 6.45) is 6.28. The van der Waals surface area contributed by atoms with Gasteiger partial charge in [-0.1, -0.05) is 18.6 Å². The molecule has 1 aliphatic carbocycles. The van der Waals surface area contributed by atoms with E-state index in [1.54, 1.807) is 5.57 Å². The van der Waals surface area contributed by atoms with Gasteiger partial charge in [0.1, 0.15) is 0 Å². The van der Waals surface area contributed by atoms with E-state index in [4.69, 9.17) is 4.74 Å². The van der Waals surface area contributed by atoms with Crippen LogP contribution in [0.5, 0.6) is 0 Å². The zero-order valence-electron chi connectivity index (χ0n) is 11.5. The SMILES string of the molecule is CC1=CCC[C@H](C)[C@@H]1CN[C@H](C)[C@H]1CCOC1. The highest BCUT2D eigenvalue weighted by molar-refractivity contribution is 5.09. The van der Waals surface area contributed by atoms with E-state index < -0.39 is 0 Å². The highest BCUT2D eigenvalue weighted by Gasteiger charge is 2.25. The minimum Gasteiger partial charge on any atom is -0.381 e. The first kappa shape index (κ1) is 13.1. The molecule has 17 heavy (non-hydrogen) atoms. The van der Waals surface area contributed by atoms with Crippen LogP contribution in [-0.4, -0.2) is 25.8 Å². The second-order valence-electron chi connectivity index (χ2n) is 5.93. The Morgan fingerprint density at radius 3 is 2.94 bits per heavy atom. The molecule has 0 aromatic carbocycles. The maximum absolute atomic E-state index is 5.46. The Labute approximate surface area is 106 Å². The van der Waals surface area contributed by atoms with Crippen molar-refractivity contribution < 1.29 is 4.74 Å². The zero-order chi connectivity index (χ0) is 12.3. The summed E-state index contributed by atoms with van der Waals surface area (Å²) in [5, 5.41) is 3.73. The molecule has 1 fully saturated rings. The lowest BCUT2D eigenvalue weighted by Crippen LogP contribution is -2.39. The van der Waals surface area contributed by atoms with Crippen molar-refractivity contribution in [2.75, 3.05) is 19.8 Å². The maximum atomic E-state index is 5.46. The minimum atomic E-state index is 0.597. The summed E-state index contributed by atoms with van der Waals surface area (Å²) >= 11 is 0. The van der Waals surface area contributed by atoms with Crippen molar-refractivity contribution in [3.63, 3.8) is 0 Å². The van der Waals surface area contributed by atoms with E-state index in [1.807, 2.05) is 0 Å². The van der Waals surface area contributed by atoms with Crippen LogP contribution in [0.25, 0.3) is 0 Å². The Bertz CT molecular complexity index is 268. The van der Waals surface area contributed by atoms with Crippen LogP contribution < -0.4 is 5.32 Å². The van der Waals surface area contributed by atoms with E-state index in [-0.39, 0.29) is 0 Å². The third kappa shape index (κ3) is 3.32. The summed E-state index contributed by atoms with van der Waals surface area (Å²) in [5.41, 5.74) is 1.59. The first-order chi connectivity index (χ1) is 8.18. The van der Waals surface area contributed by atoms with E-state index in [1.165, 1.54) is 19.3 Å². The van der Waals surface area contributed by atoms with Gasteiger partial charge in [-0.3, -0.25) is 0 Å². The first-order valence-electron chi connectivity index (χ1n) is 7.16. The van der Waals surface area contributed by atoms with Crippen molar-refractivity contribution in [3.05, 3.63) is 11.6 Å². The van der Waals surface area contributed by atoms with Crippen molar-refractivity contribution in [2.45, 2.75) is 46.1 Å². The summed E-state index contributed by atoms with van der Waals surface area (Å²) < 4.78 is 5.46. The van der Waals surface area contributed by atoms with Crippen LogP contribution in [0.15, 0.2) is 11.6 Å². The van der Waals surface area contributed by atoms with Gasteiger partial charge in [0.15, 0.2) is 0 Å². The predicted octanol–water partition coefficient (Wildman–Crippen LogP) is 2.99. The summed E-state index contributed by atoms with van der Waals surface area (Å²) in [6, 6.07) is 0.597. The molecule has 2 nitrogen and oxygen atoms in total. The van der Waals surface area contributed by atoms with Crippen LogP contribution in [0.2, 0.25) is 0 Å². The standard InChI is InChI=1S/C15H27NO/c1-11-5-4-6-12(2)15(11)9-16-13(3)14-7-8-17-10-14/h5,12-16H,4,6-10H2,1-3H3/t12-,13+,14-,15+/m0/s1. The average Bonchev–Trinajstić information content (AvgIpc) is 2.81. The molecule has 0 spiro atoms. The highest BCUT2D eigenvalue weighted by atomic mass is 16.5. The normalized spacial score (nSPS) is 35.7. The van der Waals surface area contributed by atoms with Crippen molar-refractivity contribution in [2.24, 2.45) is 17.8 Å². The average molecular weight is 237 g/mol. The maximum Gasteiger partial charge on any atom is 0.0509 e.